The molecule has 0 fully saturated rings. The molecule has 0 bridgehead atoms. The first kappa shape index (κ1) is 14.6. The highest BCUT2D eigenvalue weighted by molar-refractivity contribution is 9.10. The second-order valence-electron chi connectivity index (χ2n) is 5.32. The average molecular weight is 342 g/mol. The van der Waals surface area contributed by atoms with Gasteiger partial charge >= 0.3 is 5.97 Å². The van der Waals surface area contributed by atoms with Gasteiger partial charge in [-0.05, 0) is 28.1 Å². The molecule has 2 aromatic rings. The lowest BCUT2D eigenvalue weighted by molar-refractivity contribution is 0.0683. The van der Waals surface area contributed by atoms with Crippen molar-refractivity contribution in [3.8, 4) is 5.69 Å². The summed E-state index contributed by atoms with van der Waals surface area (Å²) in [5.41, 5.74) is 0.000165. The van der Waals surface area contributed by atoms with Gasteiger partial charge in [-0.3, -0.25) is 0 Å². The maximum atomic E-state index is 13.6. The molecule has 5 nitrogen and oxygen atoms in total. The Morgan fingerprint density at radius 2 is 2.05 bits per heavy atom. The predicted molar refractivity (Wildman–Crippen MR) is 74.7 cm³/mol. The van der Waals surface area contributed by atoms with Crippen LogP contribution < -0.4 is 0 Å². The third-order valence-corrected chi connectivity index (χ3v) is 3.26. The van der Waals surface area contributed by atoms with Gasteiger partial charge in [0.25, 0.3) is 5.82 Å². The Labute approximate surface area is 123 Å². The lowest BCUT2D eigenvalue weighted by Crippen LogP contribution is -2.19. The first-order valence-electron chi connectivity index (χ1n) is 5.86. The molecule has 2 rings (SSSR count). The number of aromatic carboxylic acids is 1. The molecule has 1 aromatic carbocycles. The lowest BCUT2D eigenvalue weighted by Gasteiger charge is -2.18. The van der Waals surface area contributed by atoms with Crippen LogP contribution in [0, 0.1) is 5.82 Å². The molecule has 20 heavy (non-hydrogen) atoms. The van der Waals surface area contributed by atoms with Crippen molar-refractivity contribution in [3.05, 3.63) is 40.1 Å². The molecule has 0 radical (unpaired) electrons. The first-order chi connectivity index (χ1) is 9.20. The van der Waals surface area contributed by atoms with E-state index in [0.717, 1.165) is 0 Å². The number of aromatic nitrogens is 3. The van der Waals surface area contributed by atoms with Crippen molar-refractivity contribution in [2.45, 2.75) is 26.2 Å². The van der Waals surface area contributed by atoms with Gasteiger partial charge in [-0.1, -0.05) is 20.8 Å². The van der Waals surface area contributed by atoms with Gasteiger partial charge in [0.05, 0.1) is 10.2 Å². The van der Waals surface area contributed by atoms with Gasteiger partial charge in [0, 0.05) is 11.5 Å². The minimum Gasteiger partial charge on any atom is -0.475 e. The van der Waals surface area contributed by atoms with Crippen LogP contribution in [-0.4, -0.2) is 25.8 Å². The summed E-state index contributed by atoms with van der Waals surface area (Å²) in [6.07, 6.45) is 0. The molecule has 0 atom stereocenters. The summed E-state index contributed by atoms with van der Waals surface area (Å²) in [5, 5.41) is 13.0. The number of halogens is 2. The van der Waals surface area contributed by atoms with E-state index in [1.807, 2.05) is 20.8 Å². The Kier molecular flexibility index (Phi) is 3.64. The molecule has 0 unspecified atom stereocenters. The van der Waals surface area contributed by atoms with Crippen molar-refractivity contribution < 1.29 is 14.3 Å². The van der Waals surface area contributed by atoms with E-state index < -0.39 is 17.2 Å². The first-order valence-corrected chi connectivity index (χ1v) is 6.65. The SMILES string of the molecule is CC(C)(C)c1nc(C(=O)O)nn1-c1ccc(Br)c(F)c1. The highest BCUT2D eigenvalue weighted by Gasteiger charge is 2.26. The predicted octanol–water partition coefficient (Wildman–Crippen LogP) is 3.16. The van der Waals surface area contributed by atoms with E-state index in [1.165, 1.54) is 10.7 Å². The maximum Gasteiger partial charge on any atom is 0.375 e. The van der Waals surface area contributed by atoms with Crippen LogP contribution in [0.4, 0.5) is 4.39 Å². The van der Waals surface area contributed by atoms with Crippen LogP contribution in [0.15, 0.2) is 22.7 Å². The molecule has 1 aromatic heterocycles. The maximum absolute atomic E-state index is 13.6. The van der Waals surface area contributed by atoms with Gasteiger partial charge in [-0.2, -0.15) is 0 Å². The number of benzene rings is 1. The minimum absolute atomic E-state index is 0.307. The summed E-state index contributed by atoms with van der Waals surface area (Å²) in [5.74, 6) is -1.52. The van der Waals surface area contributed by atoms with Crippen LogP contribution in [0.2, 0.25) is 0 Å². The standard InChI is InChI=1S/C13H13BrFN3O2/c1-13(2,3)12-16-10(11(19)20)17-18(12)7-4-5-8(14)9(15)6-7/h4-6H,1-3H3,(H,19,20). The summed E-state index contributed by atoms with van der Waals surface area (Å²) in [7, 11) is 0. The molecule has 0 saturated carbocycles. The number of carboxylic acids is 1. The second-order valence-corrected chi connectivity index (χ2v) is 6.18. The number of rotatable bonds is 2. The van der Waals surface area contributed by atoms with Crippen molar-refractivity contribution >= 4 is 21.9 Å². The molecule has 0 aliphatic heterocycles. The van der Waals surface area contributed by atoms with E-state index in [9.17, 15) is 9.18 Å². The number of hydrogen-bond acceptors (Lipinski definition) is 3. The van der Waals surface area contributed by atoms with Crippen molar-refractivity contribution in [1.29, 1.82) is 0 Å². The van der Waals surface area contributed by atoms with Crippen LogP contribution in [0.5, 0.6) is 0 Å². The van der Waals surface area contributed by atoms with E-state index in [1.54, 1.807) is 12.1 Å². The van der Waals surface area contributed by atoms with Crippen molar-refractivity contribution in [1.82, 2.24) is 14.8 Å². The Balaban J connectivity index is 2.65. The minimum atomic E-state index is -1.22. The quantitative estimate of drug-likeness (QED) is 0.910. The zero-order chi connectivity index (χ0) is 15.1. The lowest BCUT2D eigenvalue weighted by atomic mass is 9.95. The van der Waals surface area contributed by atoms with Crippen molar-refractivity contribution in [3.63, 3.8) is 0 Å². The molecular weight excluding hydrogens is 329 g/mol. The number of carbonyl (C=O) groups is 1. The normalized spacial score (nSPS) is 11.7. The van der Waals surface area contributed by atoms with Crippen LogP contribution in [0.3, 0.4) is 0 Å². The third-order valence-electron chi connectivity index (χ3n) is 2.62. The summed E-state index contributed by atoms with van der Waals surface area (Å²) in [6.45, 7) is 5.65. The summed E-state index contributed by atoms with van der Waals surface area (Å²) in [4.78, 5) is 15.1. The summed E-state index contributed by atoms with van der Waals surface area (Å²) < 4.78 is 15.3. The van der Waals surface area contributed by atoms with Gasteiger partial charge in [-0.25, -0.2) is 18.9 Å². The number of hydrogen-bond donors (Lipinski definition) is 1. The fourth-order valence-corrected chi connectivity index (χ4v) is 1.93. The molecule has 1 heterocycles. The zero-order valence-electron chi connectivity index (χ0n) is 11.2. The Morgan fingerprint density at radius 1 is 1.40 bits per heavy atom. The molecule has 0 aliphatic rings. The molecule has 1 N–H and O–H groups in total. The topological polar surface area (TPSA) is 68.0 Å². The van der Waals surface area contributed by atoms with Gasteiger partial charge in [0.15, 0.2) is 0 Å². The molecule has 7 heteroatoms. The summed E-state index contributed by atoms with van der Waals surface area (Å²) in [6, 6.07) is 4.46. The highest BCUT2D eigenvalue weighted by atomic mass is 79.9. The molecule has 0 aliphatic carbocycles. The van der Waals surface area contributed by atoms with Crippen LogP contribution in [0.25, 0.3) is 5.69 Å². The fraction of sp³-hybridized carbons (Fsp3) is 0.308. The summed E-state index contributed by atoms with van der Waals surface area (Å²) >= 11 is 3.07. The van der Waals surface area contributed by atoms with E-state index >= 15 is 0 Å². The van der Waals surface area contributed by atoms with E-state index in [-0.39, 0.29) is 5.82 Å². The fourth-order valence-electron chi connectivity index (χ4n) is 1.68. The van der Waals surface area contributed by atoms with Crippen LogP contribution in [-0.2, 0) is 5.41 Å². The van der Waals surface area contributed by atoms with Gasteiger partial charge in [-0.15, -0.1) is 5.10 Å². The van der Waals surface area contributed by atoms with Gasteiger partial charge in [0.2, 0.25) is 0 Å². The zero-order valence-corrected chi connectivity index (χ0v) is 12.8. The smallest absolute Gasteiger partial charge is 0.375 e. The average Bonchev–Trinajstić information content (AvgIpc) is 2.77. The highest BCUT2D eigenvalue weighted by Crippen LogP contribution is 2.25. The molecule has 0 amide bonds. The molecular formula is C13H13BrFN3O2. The Morgan fingerprint density at radius 3 is 2.55 bits per heavy atom. The Bertz CT molecular complexity index is 677. The van der Waals surface area contributed by atoms with E-state index in [0.29, 0.717) is 16.0 Å². The monoisotopic (exact) mass is 341 g/mol. The van der Waals surface area contributed by atoms with Crippen molar-refractivity contribution in [2.75, 3.05) is 0 Å². The van der Waals surface area contributed by atoms with Gasteiger partial charge in [0.1, 0.15) is 11.6 Å². The van der Waals surface area contributed by atoms with Gasteiger partial charge < -0.3 is 5.11 Å². The second kappa shape index (κ2) is 4.97. The van der Waals surface area contributed by atoms with Crippen LogP contribution >= 0.6 is 15.9 Å². The van der Waals surface area contributed by atoms with Crippen LogP contribution in [0.1, 0.15) is 37.2 Å². The van der Waals surface area contributed by atoms with E-state index in [2.05, 4.69) is 26.0 Å². The number of nitrogens with zero attached hydrogens (tertiary/aromatic N) is 3. The van der Waals surface area contributed by atoms with E-state index in [4.69, 9.17) is 5.11 Å². The largest absolute Gasteiger partial charge is 0.475 e. The Hall–Kier alpha value is -1.76. The molecule has 106 valence electrons. The molecule has 0 spiro atoms. The van der Waals surface area contributed by atoms with Crippen molar-refractivity contribution in [2.24, 2.45) is 0 Å². The number of carboxylic acid groups (broad SMARTS) is 1. The third kappa shape index (κ3) is 2.72. The molecule has 0 saturated heterocycles.